The molecule has 0 saturated carbocycles. The fraction of sp³-hybridized carbons (Fsp3) is 0.462. The molecule has 20 heavy (non-hydrogen) atoms. The van der Waals surface area contributed by atoms with Gasteiger partial charge in [0.2, 0.25) is 0 Å². The highest BCUT2D eigenvalue weighted by atomic mass is 35.5. The summed E-state index contributed by atoms with van der Waals surface area (Å²) in [6, 6.07) is 5.22. The van der Waals surface area contributed by atoms with Crippen LogP contribution in [0.4, 0.5) is 0 Å². The number of methoxy groups -OCH3 is 1. The van der Waals surface area contributed by atoms with Crippen molar-refractivity contribution < 1.29 is 15.1 Å². The largest absolute Gasteiger partial charge is 0.409 e. The van der Waals surface area contributed by atoms with Gasteiger partial charge in [0.1, 0.15) is 0 Å². The van der Waals surface area contributed by atoms with E-state index in [2.05, 4.69) is 5.16 Å². The van der Waals surface area contributed by atoms with Crippen LogP contribution in [0.15, 0.2) is 23.4 Å². The average Bonchev–Trinajstić information content (AvgIpc) is 2.46. The fourth-order valence-electron chi connectivity index (χ4n) is 1.77. The summed E-state index contributed by atoms with van der Waals surface area (Å²) in [5.41, 5.74) is 6.98. The molecule has 112 valence electrons. The Morgan fingerprint density at radius 1 is 1.45 bits per heavy atom. The number of nitrogens with two attached hydrogens (primary N) is 1. The first-order valence-corrected chi connectivity index (χ1v) is 6.58. The van der Waals surface area contributed by atoms with E-state index in [1.165, 1.54) is 0 Å². The number of hydrogen-bond donors (Lipinski definition) is 3. The third-order valence-corrected chi connectivity index (χ3v) is 3.23. The number of rotatable bonds is 8. The van der Waals surface area contributed by atoms with Crippen LogP contribution in [0.3, 0.4) is 0 Å². The molecule has 0 bridgehead atoms. The highest BCUT2D eigenvalue weighted by Crippen LogP contribution is 2.19. The van der Waals surface area contributed by atoms with Crippen LogP contribution in [0.1, 0.15) is 11.1 Å². The number of nitrogens with zero attached hydrogens (tertiary/aromatic N) is 2. The molecule has 0 aliphatic rings. The van der Waals surface area contributed by atoms with Crippen LogP contribution in [-0.4, -0.2) is 54.5 Å². The standard InChI is InChI=1S/C13H20ClN3O3/c1-20-7-5-17(4-6-18)9-11-3-2-10(8-12(11)14)13(15)16-19/h2-3,8,18-19H,4-7,9H2,1H3,(H2,15,16). The Hall–Kier alpha value is -1.34. The van der Waals surface area contributed by atoms with Crippen LogP contribution >= 0.6 is 11.6 Å². The second kappa shape index (κ2) is 8.76. The van der Waals surface area contributed by atoms with Gasteiger partial charge in [-0.15, -0.1) is 0 Å². The summed E-state index contributed by atoms with van der Waals surface area (Å²) in [6.45, 7) is 2.50. The van der Waals surface area contributed by atoms with E-state index in [1.54, 1.807) is 19.2 Å². The first-order chi connectivity index (χ1) is 9.62. The van der Waals surface area contributed by atoms with Gasteiger partial charge in [0.15, 0.2) is 5.84 Å². The fourth-order valence-corrected chi connectivity index (χ4v) is 2.01. The lowest BCUT2D eigenvalue weighted by molar-refractivity contribution is 0.127. The van der Waals surface area contributed by atoms with Crippen molar-refractivity contribution in [2.75, 3.05) is 33.4 Å². The molecule has 6 nitrogen and oxygen atoms in total. The molecule has 0 fully saturated rings. The lowest BCUT2D eigenvalue weighted by Crippen LogP contribution is -2.30. The molecular weight excluding hydrogens is 282 g/mol. The minimum Gasteiger partial charge on any atom is -0.409 e. The maximum absolute atomic E-state index is 9.06. The number of ether oxygens (including phenoxy) is 1. The van der Waals surface area contributed by atoms with Gasteiger partial charge in [0.05, 0.1) is 13.2 Å². The lowest BCUT2D eigenvalue weighted by Gasteiger charge is -2.21. The van der Waals surface area contributed by atoms with Gasteiger partial charge in [0, 0.05) is 37.3 Å². The monoisotopic (exact) mass is 301 g/mol. The number of benzene rings is 1. The number of hydrogen-bond acceptors (Lipinski definition) is 5. The SMILES string of the molecule is COCCN(CCO)Cc1ccc(/C(N)=N/O)cc1Cl. The smallest absolute Gasteiger partial charge is 0.170 e. The minimum atomic E-state index is 0.0186. The summed E-state index contributed by atoms with van der Waals surface area (Å²) < 4.78 is 5.04. The summed E-state index contributed by atoms with van der Waals surface area (Å²) in [4.78, 5) is 2.04. The van der Waals surface area contributed by atoms with E-state index in [-0.39, 0.29) is 12.4 Å². The van der Waals surface area contributed by atoms with E-state index in [9.17, 15) is 0 Å². The first-order valence-electron chi connectivity index (χ1n) is 6.20. The first kappa shape index (κ1) is 16.7. The zero-order valence-electron chi connectivity index (χ0n) is 11.4. The van der Waals surface area contributed by atoms with Crippen LogP contribution in [0.25, 0.3) is 0 Å². The molecule has 1 rings (SSSR count). The lowest BCUT2D eigenvalue weighted by atomic mass is 10.1. The van der Waals surface area contributed by atoms with Gasteiger partial charge in [-0.05, 0) is 11.6 Å². The van der Waals surface area contributed by atoms with Gasteiger partial charge in [-0.25, -0.2) is 0 Å². The predicted octanol–water partition coefficient (Wildman–Crippen LogP) is 0.875. The van der Waals surface area contributed by atoms with Gasteiger partial charge >= 0.3 is 0 Å². The molecule has 0 atom stereocenters. The molecule has 1 aromatic carbocycles. The number of halogens is 1. The van der Waals surface area contributed by atoms with Crippen molar-refractivity contribution in [2.45, 2.75) is 6.54 Å². The molecule has 0 saturated heterocycles. The summed E-state index contributed by atoms with van der Waals surface area (Å²) in [6.07, 6.45) is 0. The van der Waals surface area contributed by atoms with Crippen molar-refractivity contribution in [1.82, 2.24) is 4.90 Å². The van der Waals surface area contributed by atoms with E-state index < -0.39 is 0 Å². The van der Waals surface area contributed by atoms with Crippen LogP contribution in [0.5, 0.6) is 0 Å². The van der Waals surface area contributed by atoms with Gasteiger partial charge in [-0.1, -0.05) is 28.9 Å². The minimum absolute atomic E-state index is 0.0186. The summed E-state index contributed by atoms with van der Waals surface area (Å²) in [5, 5.41) is 21.2. The Morgan fingerprint density at radius 2 is 2.20 bits per heavy atom. The number of oxime groups is 1. The maximum Gasteiger partial charge on any atom is 0.170 e. The van der Waals surface area contributed by atoms with Crippen molar-refractivity contribution in [1.29, 1.82) is 0 Å². The molecule has 0 radical (unpaired) electrons. The summed E-state index contributed by atoms with van der Waals surface area (Å²) in [5.74, 6) is 0.0186. The van der Waals surface area contributed by atoms with E-state index in [0.29, 0.717) is 36.8 Å². The normalized spacial score (nSPS) is 12.1. The second-order valence-electron chi connectivity index (χ2n) is 4.28. The number of aliphatic hydroxyl groups excluding tert-OH is 1. The Bertz CT molecular complexity index is 454. The molecule has 0 amide bonds. The molecule has 0 unspecified atom stereocenters. The van der Waals surface area contributed by atoms with E-state index in [1.807, 2.05) is 11.0 Å². The maximum atomic E-state index is 9.06. The predicted molar refractivity (Wildman–Crippen MR) is 78.2 cm³/mol. The Balaban J connectivity index is 2.79. The van der Waals surface area contributed by atoms with Gasteiger partial charge in [-0.3, -0.25) is 4.90 Å². The molecule has 1 aromatic rings. The Morgan fingerprint density at radius 3 is 2.75 bits per heavy atom. The zero-order valence-corrected chi connectivity index (χ0v) is 12.2. The average molecular weight is 302 g/mol. The molecule has 4 N–H and O–H groups in total. The number of aliphatic hydroxyl groups is 1. The number of amidine groups is 1. The molecule has 0 aromatic heterocycles. The summed E-state index contributed by atoms with van der Waals surface area (Å²) in [7, 11) is 1.63. The van der Waals surface area contributed by atoms with Crippen LogP contribution in [-0.2, 0) is 11.3 Å². The van der Waals surface area contributed by atoms with E-state index >= 15 is 0 Å². The Labute approximate surface area is 123 Å². The summed E-state index contributed by atoms with van der Waals surface area (Å²) >= 11 is 6.20. The highest BCUT2D eigenvalue weighted by Gasteiger charge is 2.10. The topological polar surface area (TPSA) is 91.3 Å². The van der Waals surface area contributed by atoms with Crippen LogP contribution in [0.2, 0.25) is 5.02 Å². The van der Waals surface area contributed by atoms with Crippen LogP contribution < -0.4 is 5.73 Å². The quantitative estimate of drug-likeness (QED) is 0.287. The van der Waals surface area contributed by atoms with Crippen molar-refractivity contribution in [2.24, 2.45) is 10.9 Å². The molecule has 0 spiro atoms. The van der Waals surface area contributed by atoms with Gasteiger partial charge in [-0.2, -0.15) is 0 Å². The third-order valence-electron chi connectivity index (χ3n) is 2.88. The van der Waals surface area contributed by atoms with Gasteiger partial charge in [0.25, 0.3) is 0 Å². The van der Waals surface area contributed by atoms with Crippen molar-refractivity contribution in [3.05, 3.63) is 34.3 Å². The Kier molecular flexibility index (Phi) is 7.32. The molecular formula is C13H20ClN3O3. The third kappa shape index (κ3) is 4.97. The molecule has 7 heteroatoms. The van der Waals surface area contributed by atoms with Crippen molar-refractivity contribution >= 4 is 17.4 Å². The van der Waals surface area contributed by atoms with Gasteiger partial charge < -0.3 is 20.8 Å². The molecule has 0 aliphatic heterocycles. The van der Waals surface area contributed by atoms with Crippen molar-refractivity contribution in [3.63, 3.8) is 0 Å². The van der Waals surface area contributed by atoms with E-state index in [4.69, 9.17) is 32.4 Å². The second-order valence-corrected chi connectivity index (χ2v) is 4.69. The molecule has 0 aliphatic carbocycles. The van der Waals surface area contributed by atoms with Crippen LogP contribution in [0, 0.1) is 0 Å². The highest BCUT2D eigenvalue weighted by molar-refractivity contribution is 6.31. The van der Waals surface area contributed by atoms with E-state index in [0.717, 1.165) is 5.56 Å². The zero-order chi connectivity index (χ0) is 15.0. The van der Waals surface area contributed by atoms with Crippen molar-refractivity contribution in [3.8, 4) is 0 Å². The molecule has 0 heterocycles.